The van der Waals surface area contributed by atoms with Gasteiger partial charge in [-0.05, 0) is 31.5 Å². The zero-order valence-electron chi connectivity index (χ0n) is 15.9. The van der Waals surface area contributed by atoms with E-state index < -0.39 is 7.60 Å². The Morgan fingerprint density at radius 1 is 0.963 bits per heavy atom. The summed E-state index contributed by atoms with van der Waals surface area (Å²) < 4.78 is 29.0. The van der Waals surface area contributed by atoms with Crippen molar-refractivity contribution >= 4 is 18.9 Å². The highest BCUT2D eigenvalue weighted by Gasteiger charge is 2.34. The number of hydrogen-bond acceptors (Lipinski definition) is 6. The smallest absolute Gasteiger partial charge is 0.384 e. The van der Waals surface area contributed by atoms with Crippen molar-refractivity contribution in [3.8, 4) is 11.5 Å². The van der Waals surface area contributed by atoms with Crippen LogP contribution in [0, 0.1) is 13.8 Å². The molecule has 0 spiro atoms. The van der Waals surface area contributed by atoms with E-state index in [4.69, 9.17) is 13.5 Å². The van der Waals surface area contributed by atoms with Gasteiger partial charge in [0.2, 0.25) is 17.2 Å². The number of rotatable bonds is 7. The van der Waals surface area contributed by atoms with Gasteiger partial charge in [-0.3, -0.25) is 4.57 Å². The molecule has 0 bridgehead atoms. The molecule has 1 heterocycles. The highest BCUT2D eigenvalue weighted by molar-refractivity contribution is 7.62. The molecular weight excluding hydrogens is 363 g/mol. The molecule has 27 heavy (non-hydrogen) atoms. The van der Waals surface area contributed by atoms with E-state index in [1.54, 1.807) is 0 Å². The summed E-state index contributed by atoms with van der Waals surface area (Å²) in [4.78, 5) is 4.41. The molecule has 0 aliphatic carbocycles. The van der Waals surface area contributed by atoms with Crippen LogP contribution in [0.15, 0.2) is 52.9 Å². The number of hydrogen-bond donors (Lipinski definition) is 1. The van der Waals surface area contributed by atoms with Crippen molar-refractivity contribution in [2.24, 2.45) is 0 Å². The van der Waals surface area contributed by atoms with Gasteiger partial charge in [0.15, 0.2) is 0 Å². The largest absolute Gasteiger partial charge is 0.420 e. The van der Waals surface area contributed by atoms with Crippen LogP contribution in [0.1, 0.15) is 16.7 Å². The maximum absolute atomic E-state index is 12.9. The van der Waals surface area contributed by atoms with Gasteiger partial charge in [-0.1, -0.05) is 47.5 Å². The van der Waals surface area contributed by atoms with Crippen molar-refractivity contribution in [1.29, 1.82) is 0 Å². The zero-order chi connectivity index (χ0) is 19.4. The van der Waals surface area contributed by atoms with E-state index in [1.165, 1.54) is 19.8 Å². The third kappa shape index (κ3) is 4.30. The average Bonchev–Trinajstić information content (AvgIpc) is 3.12. The summed E-state index contributed by atoms with van der Waals surface area (Å²) in [6.07, 6.45) is 0. The maximum atomic E-state index is 12.9. The predicted molar refractivity (Wildman–Crippen MR) is 106 cm³/mol. The van der Waals surface area contributed by atoms with Crippen molar-refractivity contribution in [2.75, 3.05) is 19.5 Å². The first kappa shape index (κ1) is 19.4. The quantitative estimate of drug-likeness (QED) is 0.594. The molecule has 7 heteroatoms. The predicted octanol–water partition coefficient (Wildman–Crippen LogP) is 4.68. The first-order chi connectivity index (χ1) is 12.9. The first-order valence-electron chi connectivity index (χ1n) is 8.54. The minimum atomic E-state index is -3.58. The Kier molecular flexibility index (Phi) is 5.80. The summed E-state index contributed by atoms with van der Waals surface area (Å²) in [5.41, 5.74) is 4.29. The highest BCUT2D eigenvalue weighted by atomic mass is 31.2. The molecule has 1 aromatic heterocycles. The van der Waals surface area contributed by atoms with Gasteiger partial charge in [0, 0.05) is 26.3 Å². The Morgan fingerprint density at radius 2 is 1.52 bits per heavy atom. The van der Waals surface area contributed by atoms with Gasteiger partial charge in [-0.25, -0.2) is 0 Å². The Labute approximate surface area is 159 Å². The van der Waals surface area contributed by atoms with Crippen LogP contribution in [-0.4, -0.2) is 19.2 Å². The average molecular weight is 386 g/mol. The van der Waals surface area contributed by atoms with Gasteiger partial charge in [0.25, 0.3) is 0 Å². The van der Waals surface area contributed by atoms with Crippen molar-refractivity contribution < 1.29 is 18.0 Å². The topological polar surface area (TPSA) is 73.6 Å². The molecule has 1 N–H and O–H groups in total. The lowest BCUT2D eigenvalue weighted by molar-refractivity contribution is 0.286. The molecule has 0 amide bonds. The number of oxazole rings is 1. The SMILES string of the molecule is COP(=O)(OC)c1nc(-c2ccc(C)cc2)oc1NCc1ccc(C)cc1. The van der Waals surface area contributed by atoms with E-state index in [-0.39, 0.29) is 11.3 Å². The highest BCUT2D eigenvalue weighted by Crippen LogP contribution is 2.47. The Morgan fingerprint density at radius 3 is 2.07 bits per heavy atom. The summed E-state index contributed by atoms with van der Waals surface area (Å²) in [7, 11) is -0.921. The number of nitrogens with one attached hydrogen (secondary N) is 1. The fourth-order valence-electron chi connectivity index (χ4n) is 2.57. The maximum Gasteiger partial charge on any atom is 0.384 e. The lowest BCUT2D eigenvalue weighted by Crippen LogP contribution is -2.14. The van der Waals surface area contributed by atoms with Gasteiger partial charge < -0.3 is 18.8 Å². The molecule has 142 valence electrons. The minimum absolute atomic E-state index is 0.134. The molecule has 0 fully saturated rings. The fraction of sp³-hybridized carbons (Fsp3) is 0.250. The van der Waals surface area contributed by atoms with Crippen molar-refractivity contribution in [3.05, 3.63) is 65.2 Å². The monoisotopic (exact) mass is 386 g/mol. The fourth-order valence-corrected chi connectivity index (χ4v) is 3.65. The molecule has 0 radical (unpaired) electrons. The van der Waals surface area contributed by atoms with E-state index in [9.17, 15) is 4.57 Å². The molecule has 0 saturated heterocycles. The second kappa shape index (κ2) is 8.09. The van der Waals surface area contributed by atoms with Crippen LogP contribution in [0.25, 0.3) is 11.5 Å². The van der Waals surface area contributed by atoms with Crippen LogP contribution >= 0.6 is 7.60 Å². The Bertz CT molecular complexity index is 941. The Balaban J connectivity index is 1.95. The zero-order valence-corrected chi connectivity index (χ0v) is 16.7. The summed E-state index contributed by atoms with van der Waals surface area (Å²) in [6, 6.07) is 15.8. The van der Waals surface area contributed by atoms with Gasteiger partial charge in [-0.2, -0.15) is 4.98 Å². The van der Waals surface area contributed by atoms with Gasteiger partial charge >= 0.3 is 7.60 Å². The summed E-state index contributed by atoms with van der Waals surface area (Å²) in [6.45, 7) is 4.53. The van der Waals surface area contributed by atoms with E-state index in [1.807, 2.05) is 62.4 Å². The third-order valence-corrected chi connectivity index (χ3v) is 6.00. The lowest BCUT2D eigenvalue weighted by Gasteiger charge is -2.12. The first-order valence-corrected chi connectivity index (χ1v) is 10.1. The van der Waals surface area contributed by atoms with Crippen LogP contribution in [0.4, 0.5) is 5.88 Å². The third-order valence-electron chi connectivity index (χ3n) is 4.22. The summed E-state index contributed by atoms with van der Waals surface area (Å²) in [5.74, 6) is 0.629. The number of aryl methyl sites for hydroxylation is 2. The van der Waals surface area contributed by atoms with E-state index >= 15 is 0 Å². The molecule has 0 unspecified atom stereocenters. The number of anilines is 1. The van der Waals surface area contributed by atoms with E-state index in [0.717, 1.165) is 16.7 Å². The van der Waals surface area contributed by atoms with Crippen LogP contribution in [0.3, 0.4) is 0 Å². The molecule has 3 rings (SSSR count). The number of nitrogens with zero attached hydrogens (tertiary/aromatic N) is 1. The van der Waals surface area contributed by atoms with E-state index in [0.29, 0.717) is 12.4 Å². The van der Waals surface area contributed by atoms with Crippen LogP contribution < -0.4 is 10.8 Å². The van der Waals surface area contributed by atoms with Gasteiger partial charge in [-0.15, -0.1) is 0 Å². The molecule has 0 saturated carbocycles. The second-order valence-corrected chi connectivity index (χ2v) is 8.39. The van der Waals surface area contributed by atoms with E-state index in [2.05, 4.69) is 10.3 Å². The number of benzene rings is 2. The molecule has 3 aromatic rings. The molecule has 0 aliphatic rings. The standard InChI is InChI=1S/C20H23N2O4P/c1-14-5-9-16(10-6-14)13-21-19-20(27(23,24-3)25-4)22-18(26-19)17-11-7-15(2)8-12-17/h5-12,21H,13H2,1-4H3. The van der Waals surface area contributed by atoms with Crippen molar-refractivity contribution in [2.45, 2.75) is 20.4 Å². The molecule has 0 aliphatic heterocycles. The minimum Gasteiger partial charge on any atom is -0.420 e. The number of aromatic nitrogens is 1. The second-order valence-electron chi connectivity index (χ2n) is 6.24. The van der Waals surface area contributed by atoms with Crippen LogP contribution in [0.5, 0.6) is 0 Å². The molecular formula is C20H23N2O4P. The van der Waals surface area contributed by atoms with Gasteiger partial charge in [0.1, 0.15) is 0 Å². The molecule has 0 atom stereocenters. The van der Waals surface area contributed by atoms with Crippen LogP contribution in [0.2, 0.25) is 0 Å². The lowest BCUT2D eigenvalue weighted by atomic mass is 10.1. The molecule has 6 nitrogen and oxygen atoms in total. The normalized spacial score (nSPS) is 11.6. The Hall–Kier alpha value is -2.40. The van der Waals surface area contributed by atoms with Crippen LogP contribution in [-0.2, 0) is 20.2 Å². The summed E-state index contributed by atoms with van der Waals surface area (Å²) in [5, 5.41) is 3.16. The van der Waals surface area contributed by atoms with Crippen molar-refractivity contribution in [1.82, 2.24) is 4.98 Å². The van der Waals surface area contributed by atoms with Crippen molar-refractivity contribution in [3.63, 3.8) is 0 Å². The summed E-state index contributed by atoms with van der Waals surface area (Å²) >= 11 is 0. The van der Waals surface area contributed by atoms with Gasteiger partial charge in [0.05, 0.1) is 0 Å². The molecule has 2 aromatic carbocycles.